The highest BCUT2D eigenvalue weighted by Crippen LogP contribution is 2.16. The standard InChI is InChI=1S/C17H26N2O2/c1-2-21-14-17(20)18-12-15-8-4-5-9-16(15)13-19-10-6-3-7-11-19/h4-5,8-9H,2-3,6-7,10-14H2,1H3,(H,18,20). The lowest BCUT2D eigenvalue weighted by Gasteiger charge is -2.27. The van der Waals surface area contributed by atoms with Crippen LogP contribution in [0, 0.1) is 0 Å². The average molecular weight is 290 g/mol. The van der Waals surface area contributed by atoms with Crippen LogP contribution in [0.2, 0.25) is 0 Å². The maximum Gasteiger partial charge on any atom is 0.246 e. The van der Waals surface area contributed by atoms with Crippen LogP contribution in [0.1, 0.15) is 37.3 Å². The van der Waals surface area contributed by atoms with Gasteiger partial charge in [-0.3, -0.25) is 9.69 Å². The molecular formula is C17H26N2O2. The molecule has 1 fully saturated rings. The van der Waals surface area contributed by atoms with Gasteiger partial charge in [0.25, 0.3) is 0 Å². The summed E-state index contributed by atoms with van der Waals surface area (Å²) in [6, 6.07) is 8.37. The number of likely N-dealkylation sites (tertiary alicyclic amines) is 1. The molecule has 1 aliphatic heterocycles. The number of amides is 1. The molecular weight excluding hydrogens is 264 g/mol. The molecule has 21 heavy (non-hydrogen) atoms. The number of rotatable bonds is 7. The maximum atomic E-state index is 11.6. The molecule has 4 heteroatoms. The summed E-state index contributed by atoms with van der Waals surface area (Å²) in [6.45, 7) is 6.54. The van der Waals surface area contributed by atoms with Gasteiger partial charge in [0, 0.05) is 19.7 Å². The first kappa shape index (κ1) is 16.0. The van der Waals surface area contributed by atoms with Crippen LogP contribution in [0.5, 0.6) is 0 Å². The van der Waals surface area contributed by atoms with Crippen molar-refractivity contribution in [1.29, 1.82) is 0 Å². The molecule has 0 atom stereocenters. The number of piperidine rings is 1. The third-order valence-electron chi connectivity index (χ3n) is 3.87. The summed E-state index contributed by atoms with van der Waals surface area (Å²) in [6.07, 6.45) is 3.95. The first-order chi connectivity index (χ1) is 10.3. The van der Waals surface area contributed by atoms with Gasteiger partial charge in [-0.1, -0.05) is 30.7 Å². The molecule has 1 aromatic carbocycles. The van der Waals surface area contributed by atoms with Gasteiger partial charge in [-0.05, 0) is 44.0 Å². The maximum absolute atomic E-state index is 11.6. The molecule has 116 valence electrons. The van der Waals surface area contributed by atoms with Crippen molar-refractivity contribution < 1.29 is 9.53 Å². The zero-order valence-electron chi connectivity index (χ0n) is 12.9. The predicted octanol–water partition coefficient (Wildman–Crippen LogP) is 2.33. The molecule has 0 spiro atoms. The largest absolute Gasteiger partial charge is 0.372 e. The number of hydrogen-bond donors (Lipinski definition) is 1. The quantitative estimate of drug-likeness (QED) is 0.838. The second-order valence-corrected chi connectivity index (χ2v) is 5.52. The van der Waals surface area contributed by atoms with Gasteiger partial charge in [-0.25, -0.2) is 0 Å². The molecule has 1 amide bonds. The molecule has 1 saturated heterocycles. The Hall–Kier alpha value is -1.39. The van der Waals surface area contributed by atoms with Gasteiger partial charge in [-0.2, -0.15) is 0 Å². The molecule has 0 radical (unpaired) electrons. The minimum Gasteiger partial charge on any atom is -0.372 e. The third-order valence-corrected chi connectivity index (χ3v) is 3.87. The number of hydrogen-bond acceptors (Lipinski definition) is 3. The van der Waals surface area contributed by atoms with E-state index in [2.05, 4.69) is 28.4 Å². The van der Waals surface area contributed by atoms with Crippen molar-refractivity contribution in [2.45, 2.75) is 39.3 Å². The molecule has 2 rings (SSSR count). The third kappa shape index (κ3) is 5.48. The molecule has 1 aliphatic rings. The number of carbonyl (C=O) groups excluding carboxylic acids is 1. The van der Waals surface area contributed by atoms with Crippen molar-refractivity contribution in [3.05, 3.63) is 35.4 Å². The second-order valence-electron chi connectivity index (χ2n) is 5.52. The van der Waals surface area contributed by atoms with Crippen LogP contribution in [-0.4, -0.2) is 37.1 Å². The van der Waals surface area contributed by atoms with E-state index in [1.165, 1.54) is 43.5 Å². The topological polar surface area (TPSA) is 41.6 Å². The molecule has 0 saturated carbocycles. The monoisotopic (exact) mass is 290 g/mol. The second kappa shape index (κ2) is 8.80. The summed E-state index contributed by atoms with van der Waals surface area (Å²) >= 11 is 0. The van der Waals surface area contributed by atoms with Crippen molar-refractivity contribution in [1.82, 2.24) is 10.2 Å². The van der Waals surface area contributed by atoms with Crippen molar-refractivity contribution in [2.24, 2.45) is 0 Å². The van der Waals surface area contributed by atoms with Crippen molar-refractivity contribution in [3.8, 4) is 0 Å². The summed E-state index contributed by atoms with van der Waals surface area (Å²) in [4.78, 5) is 14.1. The molecule has 0 aromatic heterocycles. The number of carbonyl (C=O) groups is 1. The average Bonchev–Trinajstić information content (AvgIpc) is 2.53. The normalized spacial score (nSPS) is 15.9. The molecule has 4 nitrogen and oxygen atoms in total. The lowest BCUT2D eigenvalue weighted by Crippen LogP contribution is -2.31. The first-order valence-electron chi connectivity index (χ1n) is 7.93. The fraction of sp³-hybridized carbons (Fsp3) is 0.588. The van der Waals surface area contributed by atoms with Gasteiger partial charge in [0.15, 0.2) is 0 Å². The Morgan fingerprint density at radius 1 is 1.19 bits per heavy atom. The van der Waals surface area contributed by atoms with E-state index in [1.54, 1.807) is 0 Å². The first-order valence-corrected chi connectivity index (χ1v) is 7.93. The van der Waals surface area contributed by atoms with Crippen LogP contribution in [0.4, 0.5) is 0 Å². The van der Waals surface area contributed by atoms with Crippen LogP contribution in [0.15, 0.2) is 24.3 Å². The predicted molar refractivity (Wildman–Crippen MR) is 83.9 cm³/mol. The lowest BCUT2D eigenvalue weighted by molar-refractivity contribution is -0.125. The number of nitrogens with one attached hydrogen (secondary N) is 1. The van der Waals surface area contributed by atoms with E-state index in [-0.39, 0.29) is 12.5 Å². The highest BCUT2D eigenvalue weighted by Gasteiger charge is 2.12. The molecule has 1 heterocycles. The smallest absolute Gasteiger partial charge is 0.246 e. The molecule has 0 unspecified atom stereocenters. The lowest BCUT2D eigenvalue weighted by atomic mass is 10.0. The van der Waals surface area contributed by atoms with Crippen LogP contribution < -0.4 is 5.32 Å². The van der Waals surface area contributed by atoms with Gasteiger partial charge < -0.3 is 10.1 Å². The Balaban J connectivity index is 1.88. The number of ether oxygens (including phenoxy) is 1. The van der Waals surface area contributed by atoms with E-state index < -0.39 is 0 Å². The summed E-state index contributed by atoms with van der Waals surface area (Å²) in [7, 11) is 0. The van der Waals surface area contributed by atoms with Crippen LogP contribution in [0.25, 0.3) is 0 Å². The number of benzene rings is 1. The van der Waals surface area contributed by atoms with E-state index in [1.807, 2.05) is 13.0 Å². The van der Waals surface area contributed by atoms with E-state index in [4.69, 9.17) is 4.74 Å². The molecule has 0 aliphatic carbocycles. The highest BCUT2D eigenvalue weighted by molar-refractivity contribution is 5.77. The molecule has 1 aromatic rings. The van der Waals surface area contributed by atoms with Crippen LogP contribution in [0.3, 0.4) is 0 Å². The van der Waals surface area contributed by atoms with Gasteiger partial charge in [0.2, 0.25) is 5.91 Å². The van der Waals surface area contributed by atoms with Gasteiger partial charge >= 0.3 is 0 Å². The zero-order chi connectivity index (χ0) is 14.9. The summed E-state index contributed by atoms with van der Waals surface area (Å²) in [5.74, 6) is -0.0513. The summed E-state index contributed by atoms with van der Waals surface area (Å²) in [5.41, 5.74) is 2.52. The zero-order valence-corrected chi connectivity index (χ0v) is 12.9. The van der Waals surface area contributed by atoms with Gasteiger partial charge in [-0.15, -0.1) is 0 Å². The van der Waals surface area contributed by atoms with E-state index in [0.29, 0.717) is 13.2 Å². The van der Waals surface area contributed by atoms with Crippen molar-refractivity contribution >= 4 is 5.91 Å². The van der Waals surface area contributed by atoms with E-state index in [0.717, 1.165) is 6.54 Å². The summed E-state index contributed by atoms with van der Waals surface area (Å²) in [5, 5.41) is 2.93. The SMILES string of the molecule is CCOCC(=O)NCc1ccccc1CN1CCCCC1. The molecule has 1 N–H and O–H groups in total. The Morgan fingerprint density at radius 2 is 1.90 bits per heavy atom. The Bertz CT molecular complexity index is 442. The fourth-order valence-electron chi connectivity index (χ4n) is 2.68. The Morgan fingerprint density at radius 3 is 2.62 bits per heavy atom. The van der Waals surface area contributed by atoms with Gasteiger partial charge in [0.1, 0.15) is 6.61 Å². The van der Waals surface area contributed by atoms with Crippen molar-refractivity contribution in [3.63, 3.8) is 0 Å². The minimum atomic E-state index is -0.0513. The molecule has 0 bridgehead atoms. The Kier molecular flexibility index (Phi) is 6.70. The summed E-state index contributed by atoms with van der Waals surface area (Å²) < 4.78 is 5.12. The fourth-order valence-corrected chi connectivity index (χ4v) is 2.68. The van der Waals surface area contributed by atoms with Gasteiger partial charge in [0.05, 0.1) is 0 Å². The van der Waals surface area contributed by atoms with Crippen molar-refractivity contribution in [2.75, 3.05) is 26.3 Å². The van der Waals surface area contributed by atoms with E-state index >= 15 is 0 Å². The Labute approximate surface area is 127 Å². The van der Waals surface area contributed by atoms with Crippen LogP contribution >= 0.6 is 0 Å². The minimum absolute atomic E-state index is 0.0513. The van der Waals surface area contributed by atoms with E-state index in [9.17, 15) is 4.79 Å². The van der Waals surface area contributed by atoms with Crippen LogP contribution in [-0.2, 0) is 22.6 Å². The number of nitrogens with zero attached hydrogens (tertiary/aromatic N) is 1. The highest BCUT2D eigenvalue weighted by atomic mass is 16.5.